The maximum absolute atomic E-state index is 14.4. The van der Waals surface area contributed by atoms with Crippen molar-refractivity contribution in [3.05, 3.63) is 48.3 Å². The molecule has 4 atom stereocenters. The molecule has 1 aliphatic carbocycles. The van der Waals surface area contributed by atoms with Crippen molar-refractivity contribution < 1.29 is 19.0 Å². The van der Waals surface area contributed by atoms with E-state index in [1.807, 2.05) is 18.2 Å². The molecule has 1 aromatic heterocycles. The van der Waals surface area contributed by atoms with Crippen LogP contribution < -0.4 is 10.1 Å². The van der Waals surface area contributed by atoms with Crippen LogP contribution in [0.5, 0.6) is 5.75 Å². The lowest BCUT2D eigenvalue weighted by Crippen LogP contribution is -2.50. The molecule has 0 bridgehead atoms. The standard InChI is InChI=1S/C23H24FN5O3/c24-19-4-2-1-3-17(19)13-6-8-18(22-26-28-29-27-22)21(11-13)32-16-7-5-14-12-25-20(23(30)31)10-15(14)9-16/h1-4,6,8,11,14-16,20,25H,5,7,9-10,12H2,(H,30,31)(H,26,27,28,29). The van der Waals surface area contributed by atoms with Gasteiger partial charge in [-0.25, -0.2) is 4.39 Å². The number of H-pyrrole nitrogens is 1. The zero-order valence-corrected chi connectivity index (χ0v) is 17.4. The number of aromatic nitrogens is 4. The predicted molar refractivity (Wildman–Crippen MR) is 114 cm³/mol. The number of nitrogens with zero attached hydrogens (tertiary/aromatic N) is 3. The van der Waals surface area contributed by atoms with Gasteiger partial charge < -0.3 is 15.2 Å². The summed E-state index contributed by atoms with van der Waals surface area (Å²) in [4.78, 5) is 11.4. The summed E-state index contributed by atoms with van der Waals surface area (Å²) in [5, 5.41) is 26.8. The molecule has 0 spiro atoms. The number of carbonyl (C=O) groups is 1. The van der Waals surface area contributed by atoms with Crippen molar-refractivity contribution in [1.29, 1.82) is 0 Å². The average molecular weight is 437 g/mol. The van der Waals surface area contributed by atoms with Crippen molar-refractivity contribution in [2.75, 3.05) is 6.54 Å². The number of aliphatic carboxylic acids is 1. The number of carboxylic acids is 1. The maximum Gasteiger partial charge on any atom is 0.320 e. The quantitative estimate of drug-likeness (QED) is 0.561. The Morgan fingerprint density at radius 3 is 2.75 bits per heavy atom. The monoisotopic (exact) mass is 437 g/mol. The average Bonchev–Trinajstić information content (AvgIpc) is 3.33. The fraction of sp³-hybridized carbons (Fsp3) is 0.391. The number of benzene rings is 2. The summed E-state index contributed by atoms with van der Waals surface area (Å²) in [7, 11) is 0. The topological polar surface area (TPSA) is 113 Å². The van der Waals surface area contributed by atoms with Crippen LogP contribution in [-0.4, -0.2) is 50.4 Å². The van der Waals surface area contributed by atoms with Gasteiger partial charge in [0.25, 0.3) is 0 Å². The predicted octanol–water partition coefficient (Wildman–Crippen LogP) is 3.28. The highest BCUT2D eigenvalue weighted by molar-refractivity contribution is 5.74. The van der Waals surface area contributed by atoms with Gasteiger partial charge in [0.2, 0.25) is 5.82 Å². The van der Waals surface area contributed by atoms with Crippen LogP contribution in [0.2, 0.25) is 0 Å². The first-order chi connectivity index (χ1) is 15.6. The van der Waals surface area contributed by atoms with Crippen molar-refractivity contribution in [1.82, 2.24) is 25.9 Å². The van der Waals surface area contributed by atoms with Gasteiger partial charge in [-0.1, -0.05) is 24.3 Å². The van der Waals surface area contributed by atoms with E-state index in [1.165, 1.54) is 6.07 Å². The number of hydrogen-bond acceptors (Lipinski definition) is 6. The van der Waals surface area contributed by atoms with Gasteiger partial charge in [-0.05, 0) is 73.0 Å². The highest BCUT2D eigenvalue weighted by atomic mass is 19.1. The van der Waals surface area contributed by atoms with Gasteiger partial charge in [0.05, 0.1) is 11.7 Å². The third kappa shape index (κ3) is 4.08. The van der Waals surface area contributed by atoms with Gasteiger partial charge in [0, 0.05) is 5.56 Å². The summed E-state index contributed by atoms with van der Waals surface area (Å²) in [5.41, 5.74) is 1.87. The molecule has 166 valence electrons. The molecule has 1 saturated heterocycles. The molecule has 0 amide bonds. The number of ether oxygens (including phenoxy) is 1. The molecule has 1 aliphatic heterocycles. The van der Waals surface area contributed by atoms with Crippen molar-refractivity contribution in [3.63, 3.8) is 0 Å². The second-order valence-electron chi connectivity index (χ2n) is 8.53. The fourth-order valence-electron chi connectivity index (χ4n) is 4.94. The van der Waals surface area contributed by atoms with Gasteiger partial charge in [-0.3, -0.25) is 4.79 Å². The number of carboxylic acid groups (broad SMARTS) is 1. The van der Waals surface area contributed by atoms with E-state index in [0.29, 0.717) is 46.5 Å². The lowest BCUT2D eigenvalue weighted by molar-refractivity contribution is -0.141. The summed E-state index contributed by atoms with van der Waals surface area (Å²) in [6, 6.07) is 11.6. The van der Waals surface area contributed by atoms with Crippen LogP contribution in [0, 0.1) is 17.7 Å². The van der Waals surface area contributed by atoms with E-state index in [-0.39, 0.29) is 11.9 Å². The first kappa shape index (κ1) is 20.6. The highest BCUT2D eigenvalue weighted by Gasteiger charge is 2.38. The molecule has 0 radical (unpaired) electrons. The zero-order chi connectivity index (χ0) is 22.1. The van der Waals surface area contributed by atoms with E-state index in [0.717, 1.165) is 25.8 Å². The third-order valence-corrected chi connectivity index (χ3v) is 6.60. The Hall–Kier alpha value is -3.33. The molecule has 2 fully saturated rings. The summed E-state index contributed by atoms with van der Waals surface area (Å²) >= 11 is 0. The molecule has 8 nitrogen and oxygen atoms in total. The van der Waals surface area contributed by atoms with E-state index in [4.69, 9.17) is 4.74 Å². The van der Waals surface area contributed by atoms with Crippen LogP contribution in [0.1, 0.15) is 25.7 Å². The summed E-state index contributed by atoms with van der Waals surface area (Å²) in [6.07, 6.45) is 3.17. The second-order valence-corrected chi connectivity index (χ2v) is 8.53. The van der Waals surface area contributed by atoms with E-state index in [1.54, 1.807) is 18.2 Å². The Morgan fingerprint density at radius 1 is 1.09 bits per heavy atom. The Labute approximate surface area is 184 Å². The van der Waals surface area contributed by atoms with Gasteiger partial charge in [0.1, 0.15) is 17.6 Å². The number of nitrogens with one attached hydrogen (secondary N) is 2. The molecule has 2 aromatic carbocycles. The molecule has 3 N–H and O–H groups in total. The molecule has 4 unspecified atom stereocenters. The Morgan fingerprint density at radius 2 is 1.97 bits per heavy atom. The van der Waals surface area contributed by atoms with E-state index in [2.05, 4.69) is 25.9 Å². The first-order valence-corrected chi connectivity index (χ1v) is 10.8. The normalized spacial score (nSPS) is 25.2. The number of aromatic amines is 1. The van der Waals surface area contributed by atoms with E-state index < -0.39 is 12.0 Å². The Bertz CT molecular complexity index is 1110. The largest absolute Gasteiger partial charge is 0.490 e. The first-order valence-electron chi connectivity index (χ1n) is 10.8. The van der Waals surface area contributed by atoms with Gasteiger partial charge in [-0.2, -0.15) is 5.21 Å². The molecular weight excluding hydrogens is 413 g/mol. The van der Waals surface area contributed by atoms with Crippen LogP contribution in [0.4, 0.5) is 4.39 Å². The number of piperidine rings is 1. The second kappa shape index (κ2) is 8.66. The van der Waals surface area contributed by atoms with Crippen molar-refractivity contribution >= 4 is 5.97 Å². The number of tetrazole rings is 1. The summed E-state index contributed by atoms with van der Waals surface area (Å²) < 4.78 is 20.8. The minimum Gasteiger partial charge on any atom is -0.490 e. The van der Waals surface area contributed by atoms with Crippen molar-refractivity contribution in [2.45, 2.75) is 37.8 Å². The van der Waals surface area contributed by atoms with Crippen LogP contribution in [0.15, 0.2) is 42.5 Å². The number of fused-ring (bicyclic) bond motifs is 1. The molecule has 32 heavy (non-hydrogen) atoms. The van der Waals surface area contributed by atoms with Crippen LogP contribution in [0.3, 0.4) is 0 Å². The molecule has 9 heteroatoms. The number of hydrogen-bond donors (Lipinski definition) is 3. The fourth-order valence-corrected chi connectivity index (χ4v) is 4.94. The number of rotatable bonds is 5. The smallest absolute Gasteiger partial charge is 0.320 e. The third-order valence-electron chi connectivity index (χ3n) is 6.60. The Kier molecular flexibility index (Phi) is 5.57. The maximum atomic E-state index is 14.4. The van der Waals surface area contributed by atoms with Gasteiger partial charge >= 0.3 is 5.97 Å². The SMILES string of the molecule is O=C(O)C1CC2CC(Oc3cc(-c4ccccc4F)ccc3-c3nn[nH]n3)CCC2CN1. The Balaban J connectivity index is 1.42. The van der Waals surface area contributed by atoms with Crippen LogP contribution in [-0.2, 0) is 4.79 Å². The minimum absolute atomic E-state index is 0.0645. The van der Waals surface area contributed by atoms with E-state index in [9.17, 15) is 14.3 Å². The molecule has 1 saturated carbocycles. The molecule has 2 aliphatic rings. The van der Waals surface area contributed by atoms with Crippen molar-refractivity contribution in [3.8, 4) is 28.3 Å². The number of halogens is 1. The van der Waals surface area contributed by atoms with Crippen molar-refractivity contribution in [2.24, 2.45) is 11.8 Å². The van der Waals surface area contributed by atoms with Crippen LogP contribution in [0.25, 0.3) is 22.5 Å². The van der Waals surface area contributed by atoms with Gasteiger partial charge in [0.15, 0.2) is 0 Å². The lowest BCUT2D eigenvalue weighted by atomic mass is 9.72. The highest BCUT2D eigenvalue weighted by Crippen LogP contribution is 2.40. The molecule has 2 heterocycles. The van der Waals surface area contributed by atoms with Gasteiger partial charge in [-0.15, -0.1) is 10.2 Å². The molecule has 5 rings (SSSR count). The summed E-state index contributed by atoms with van der Waals surface area (Å²) in [6.45, 7) is 0.727. The van der Waals surface area contributed by atoms with Crippen LogP contribution >= 0.6 is 0 Å². The molecule has 3 aromatic rings. The minimum atomic E-state index is -0.802. The van der Waals surface area contributed by atoms with E-state index >= 15 is 0 Å². The molecular formula is C23H24FN5O3. The summed E-state index contributed by atoms with van der Waals surface area (Å²) in [5.74, 6) is 0.622. The zero-order valence-electron chi connectivity index (χ0n) is 17.4. The lowest BCUT2D eigenvalue weighted by Gasteiger charge is -2.41.